The molecule has 0 aliphatic heterocycles. The molecular formula is C12H10Cl2FeN2-8. The monoisotopic (exact) mass is 308 g/mol. The number of hydrogen-bond donors (Lipinski definition) is 2. The number of rotatable bonds is 2. The third kappa shape index (κ3) is 9.42. The molecule has 0 amide bonds. The minimum absolute atomic E-state index is 0. The maximum absolute atomic E-state index is 5.19. The molecule has 17 heavy (non-hydrogen) atoms. The summed E-state index contributed by atoms with van der Waals surface area (Å²) in [6, 6.07) is 21.3. The van der Waals surface area contributed by atoms with Gasteiger partial charge in [0.05, 0.1) is 0 Å². The largest absolute Gasteiger partial charge is 2.00 e. The van der Waals surface area contributed by atoms with Crippen molar-refractivity contribution in [3.8, 4) is 0 Å². The van der Waals surface area contributed by atoms with Crippen molar-refractivity contribution in [2.45, 2.75) is 13.1 Å². The van der Waals surface area contributed by atoms with Crippen LogP contribution in [0.3, 0.4) is 0 Å². The van der Waals surface area contributed by atoms with Gasteiger partial charge < -0.3 is 71.1 Å². The van der Waals surface area contributed by atoms with Crippen LogP contribution in [0.5, 0.6) is 0 Å². The molecule has 0 atom stereocenters. The van der Waals surface area contributed by atoms with Gasteiger partial charge in [0.25, 0.3) is 0 Å². The third-order valence-electron chi connectivity index (χ3n) is 1.39. The topological polar surface area (TPSA) is 52.0 Å². The average molecular weight is 309 g/mol. The zero-order chi connectivity index (χ0) is 10.2. The molecule has 0 aliphatic rings. The van der Waals surface area contributed by atoms with E-state index in [-0.39, 0.29) is 41.9 Å². The molecule has 0 saturated heterocycles. The predicted molar refractivity (Wildman–Crippen MR) is 65.0 cm³/mol. The molecule has 0 heterocycles. The van der Waals surface area contributed by atoms with Gasteiger partial charge in [-0.3, -0.25) is 0 Å². The maximum Gasteiger partial charge on any atom is 2.00 e. The summed E-state index contributed by atoms with van der Waals surface area (Å²) in [6.07, 6.45) is 0. The van der Waals surface area contributed by atoms with Crippen molar-refractivity contribution in [2.24, 2.45) is 11.5 Å². The van der Waals surface area contributed by atoms with E-state index in [0.717, 1.165) is 11.1 Å². The summed E-state index contributed by atoms with van der Waals surface area (Å²) in [6.45, 7) is 0.972. The summed E-state index contributed by atoms with van der Waals surface area (Å²) in [7, 11) is 0. The predicted octanol–water partition coefficient (Wildman–Crippen LogP) is 0.971. The fourth-order valence-corrected chi connectivity index (χ4v) is 0.693. The molecular weight excluding hydrogens is 299 g/mol. The van der Waals surface area contributed by atoms with E-state index in [1.165, 1.54) is 0 Å². The molecule has 5 heteroatoms. The fourth-order valence-electron chi connectivity index (χ4n) is 0.693. The summed E-state index contributed by atoms with van der Waals surface area (Å²) in [5.74, 6) is 0. The van der Waals surface area contributed by atoms with Gasteiger partial charge in [0.1, 0.15) is 0 Å². The van der Waals surface area contributed by atoms with E-state index in [2.05, 4.69) is 48.5 Å². The van der Waals surface area contributed by atoms with E-state index >= 15 is 0 Å². The van der Waals surface area contributed by atoms with Crippen LogP contribution in [0.25, 0.3) is 0 Å². The van der Waals surface area contributed by atoms with Crippen molar-refractivity contribution in [1.29, 1.82) is 0 Å². The van der Waals surface area contributed by atoms with Crippen LogP contribution in [0.2, 0.25) is 0 Å². The van der Waals surface area contributed by atoms with Crippen LogP contribution in [0.4, 0.5) is 0 Å². The normalized spacial score (nSPS) is 7.65. The Morgan fingerprint density at radius 2 is 0.882 bits per heavy atom. The average Bonchev–Trinajstić information content (AvgIpc) is 2.92. The Kier molecular flexibility index (Phi) is 17.8. The Balaban J connectivity index is -0.000000196. The van der Waals surface area contributed by atoms with Gasteiger partial charge in [-0.2, -0.15) is 13.1 Å². The second-order valence-electron chi connectivity index (χ2n) is 2.37. The van der Waals surface area contributed by atoms with Gasteiger partial charge in [0.2, 0.25) is 0 Å². The Morgan fingerprint density at radius 3 is 1.00 bits per heavy atom. The first-order chi connectivity index (χ1) is 6.86. The molecule has 2 nitrogen and oxygen atoms in total. The van der Waals surface area contributed by atoms with Crippen LogP contribution in [0, 0.1) is 48.5 Å². The molecule has 0 aromatic heterocycles. The second-order valence-corrected chi connectivity index (χ2v) is 2.37. The van der Waals surface area contributed by atoms with Crippen LogP contribution in [-0.4, -0.2) is 0 Å². The fraction of sp³-hybridized carbons (Fsp3) is 0.167. The van der Waals surface area contributed by atoms with Gasteiger partial charge >= 0.3 is 17.1 Å². The molecule has 98 valence electrons. The zero-order valence-corrected chi connectivity index (χ0v) is 11.5. The van der Waals surface area contributed by atoms with Crippen molar-refractivity contribution in [2.75, 3.05) is 0 Å². The molecule has 2 aromatic rings. The Morgan fingerprint density at radius 1 is 0.647 bits per heavy atom. The van der Waals surface area contributed by atoms with Crippen LogP contribution < -0.4 is 11.5 Å². The summed E-state index contributed by atoms with van der Waals surface area (Å²) in [5.41, 5.74) is 12.1. The van der Waals surface area contributed by atoms with E-state index < -0.39 is 0 Å². The summed E-state index contributed by atoms with van der Waals surface area (Å²) >= 11 is 0. The molecule has 0 aliphatic carbocycles. The van der Waals surface area contributed by atoms with Crippen molar-refractivity contribution in [3.63, 3.8) is 0 Å². The molecule has 0 radical (unpaired) electrons. The van der Waals surface area contributed by atoms with Gasteiger partial charge in [-0.1, -0.05) is 0 Å². The first-order valence-corrected chi connectivity index (χ1v) is 4.02. The Hall–Kier alpha value is -0.281. The van der Waals surface area contributed by atoms with Crippen molar-refractivity contribution < 1.29 is 17.1 Å². The molecule has 0 bridgehead atoms. The smallest absolute Gasteiger partial charge is 0.998 e. The quantitative estimate of drug-likeness (QED) is 0.642. The molecule has 0 spiro atoms. The number of nitrogens with two attached hydrogens (primary N) is 2. The number of halogens is 2. The van der Waals surface area contributed by atoms with Crippen molar-refractivity contribution in [1.82, 2.24) is 0 Å². The van der Waals surface area contributed by atoms with Crippen molar-refractivity contribution >= 4 is 24.8 Å². The Labute approximate surface area is 126 Å². The molecule has 0 unspecified atom stereocenters. The summed E-state index contributed by atoms with van der Waals surface area (Å²) in [4.78, 5) is 0. The zero-order valence-electron chi connectivity index (χ0n) is 8.74. The van der Waals surface area contributed by atoms with E-state index in [1.54, 1.807) is 0 Å². The minimum atomic E-state index is 0. The third-order valence-corrected chi connectivity index (χ3v) is 1.39. The van der Waals surface area contributed by atoms with E-state index in [1.807, 2.05) is 0 Å². The van der Waals surface area contributed by atoms with Gasteiger partial charge in [-0.15, -0.1) is 24.8 Å². The molecule has 4 N–H and O–H groups in total. The molecule has 2 rings (SSSR count). The summed E-state index contributed by atoms with van der Waals surface area (Å²) < 4.78 is 0. The second kappa shape index (κ2) is 13.8. The standard InChI is InChI=1S/2C6H4N.2ClH.Fe/c2*7-5-6-3-1-2-4-6;;;/h2*5,7H2;2*1H;/q2*-5;;;+2. The van der Waals surface area contributed by atoms with Crippen LogP contribution in [0.1, 0.15) is 11.1 Å². The first-order valence-electron chi connectivity index (χ1n) is 4.02. The van der Waals surface area contributed by atoms with E-state index in [9.17, 15) is 0 Å². The molecule has 2 aromatic carbocycles. The SMILES string of the molecule is Cl.Cl.NC[c-]1[c-][c-][c-][c-]1.NC[c-]1[c-][c-][c-][c-]1.[Fe+2]. The van der Waals surface area contributed by atoms with Crippen LogP contribution in [-0.2, 0) is 30.2 Å². The van der Waals surface area contributed by atoms with Gasteiger partial charge in [0, 0.05) is 0 Å². The van der Waals surface area contributed by atoms with Gasteiger partial charge in [-0.25, -0.2) is 0 Å². The Bertz CT molecular complexity index is 286. The van der Waals surface area contributed by atoms with Crippen molar-refractivity contribution in [3.05, 3.63) is 59.7 Å². The van der Waals surface area contributed by atoms with E-state index in [4.69, 9.17) is 11.5 Å². The van der Waals surface area contributed by atoms with Gasteiger partial charge in [-0.05, 0) is 0 Å². The summed E-state index contributed by atoms with van der Waals surface area (Å²) in [5, 5.41) is 0. The van der Waals surface area contributed by atoms with Crippen LogP contribution in [0.15, 0.2) is 0 Å². The first kappa shape index (κ1) is 21.9. The van der Waals surface area contributed by atoms with Gasteiger partial charge in [0.15, 0.2) is 0 Å². The minimum Gasteiger partial charge on any atom is -0.998 e. The van der Waals surface area contributed by atoms with Crippen LogP contribution >= 0.6 is 24.8 Å². The number of hydrogen-bond acceptors (Lipinski definition) is 2. The molecule has 0 fully saturated rings. The molecule has 0 saturated carbocycles. The van der Waals surface area contributed by atoms with E-state index in [0.29, 0.717) is 13.1 Å². The maximum atomic E-state index is 5.19.